The molecule has 2 rings (SSSR count). The molecule has 0 radical (unpaired) electrons. The van der Waals surface area contributed by atoms with Crippen LogP contribution in [-0.2, 0) is 11.2 Å². The van der Waals surface area contributed by atoms with Crippen LogP contribution in [0.25, 0.3) is 0 Å². The molecule has 3 heteroatoms. The second kappa shape index (κ2) is 3.01. The van der Waals surface area contributed by atoms with Crippen molar-refractivity contribution in [3.05, 3.63) is 29.8 Å². The summed E-state index contributed by atoms with van der Waals surface area (Å²) in [7, 11) is 0. The molecular weight excluding hydrogens is 180 g/mol. The van der Waals surface area contributed by atoms with Crippen molar-refractivity contribution in [2.75, 3.05) is 0 Å². The van der Waals surface area contributed by atoms with Crippen LogP contribution in [0.4, 0.5) is 0 Å². The molecule has 0 aromatic heterocycles. The molecule has 0 aliphatic carbocycles. The van der Waals surface area contributed by atoms with Gasteiger partial charge in [0.2, 0.25) is 5.60 Å². The maximum absolute atomic E-state index is 11.1. The zero-order valence-corrected chi connectivity index (χ0v) is 7.99. The van der Waals surface area contributed by atoms with Crippen molar-refractivity contribution in [2.45, 2.75) is 25.4 Å². The van der Waals surface area contributed by atoms with Gasteiger partial charge in [-0.05, 0) is 18.1 Å². The van der Waals surface area contributed by atoms with Crippen LogP contribution in [0.1, 0.15) is 18.9 Å². The lowest BCUT2D eigenvalue weighted by Crippen LogP contribution is -2.42. The van der Waals surface area contributed by atoms with Crippen molar-refractivity contribution in [3.63, 3.8) is 0 Å². The van der Waals surface area contributed by atoms with Crippen LogP contribution in [0.15, 0.2) is 24.3 Å². The third-order valence-electron chi connectivity index (χ3n) is 2.71. The molecule has 1 aliphatic rings. The van der Waals surface area contributed by atoms with Gasteiger partial charge in [-0.25, -0.2) is 4.79 Å². The van der Waals surface area contributed by atoms with E-state index in [0.717, 1.165) is 5.56 Å². The van der Waals surface area contributed by atoms with Crippen molar-refractivity contribution < 1.29 is 14.6 Å². The molecule has 14 heavy (non-hydrogen) atoms. The van der Waals surface area contributed by atoms with Crippen molar-refractivity contribution >= 4 is 5.97 Å². The minimum Gasteiger partial charge on any atom is -0.478 e. The Bertz CT molecular complexity index is 346. The summed E-state index contributed by atoms with van der Waals surface area (Å²) in [5.74, 6) is -0.173. The summed E-state index contributed by atoms with van der Waals surface area (Å²) in [6, 6.07) is 7.48. The number of carboxylic acids is 1. The van der Waals surface area contributed by atoms with E-state index in [1.54, 1.807) is 0 Å². The lowest BCUT2D eigenvalue weighted by Gasteiger charge is -2.21. The minimum atomic E-state index is -1.04. The summed E-state index contributed by atoms with van der Waals surface area (Å²) in [6.07, 6.45) is 0.950. The van der Waals surface area contributed by atoms with E-state index in [1.165, 1.54) is 0 Å². The Morgan fingerprint density at radius 1 is 1.57 bits per heavy atom. The molecule has 1 aromatic carbocycles. The van der Waals surface area contributed by atoms with Gasteiger partial charge in [0, 0.05) is 6.42 Å². The average Bonchev–Trinajstić information content (AvgIpc) is 2.57. The minimum absolute atomic E-state index is 0.467. The molecular formula is C11H12O3. The molecule has 1 heterocycles. The molecule has 0 bridgehead atoms. The van der Waals surface area contributed by atoms with Crippen LogP contribution in [0.5, 0.6) is 5.75 Å². The van der Waals surface area contributed by atoms with Crippen LogP contribution < -0.4 is 4.74 Å². The Labute approximate surface area is 82.3 Å². The number of ether oxygens (including phenoxy) is 1. The van der Waals surface area contributed by atoms with E-state index >= 15 is 0 Å². The smallest absolute Gasteiger partial charge is 0.348 e. The van der Waals surface area contributed by atoms with Crippen molar-refractivity contribution in [1.29, 1.82) is 0 Å². The van der Waals surface area contributed by atoms with E-state index in [4.69, 9.17) is 9.84 Å². The summed E-state index contributed by atoms with van der Waals surface area (Å²) < 4.78 is 5.51. The highest BCUT2D eigenvalue weighted by atomic mass is 16.5. The van der Waals surface area contributed by atoms with Crippen LogP contribution >= 0.6 is 0 Å². The molecule has 0 unspecified atom stereocenters. The first kappa shape index (κ1) is 9.06. The van der Waals surface area contributed by atoms with Gasteiger partial charge in [-0.1, -0.05) is 25.1 Å². The van der Waals surface area contributed by atoms with E-state index < -0.39 is 11.6 Å². The number of para-hydroxylation sites is 1. The lowest BCUT2D eigenvalue weighted by atomic mass is 9.95. The maximum Gasteiger partial charge on any atom is 0.348 e. The van der Waals surface area contributed by atoms with E-state index in [9.17, 15) is 4.79 Å². The Hall–Kier alpha value is -1.51. The van der Waals surface area contributed by atoms with Gasteiger partial charge in [-0.15, -0.1) is 0 Å². The summed E-state index contributed by atoms with van der Waals surface area (Å²) >= 11 is 0. The Balaban J connectivity index is 2.37. The standard InChI is InChI=1S/C11H12O3/c1-2-11(10(12)13)7-8-5-3-4-6-9(8)14-11/h3-6H,2,7H2,1H3,(H,12,13)/t11-/m0/s1. The van der Waals surface area contributed by atoms with Gasteiger partial charge < -0.3 is 9.84 Å². The predicted octanol–water partition coefficient (Wildman–Crippen LogP) is 1.85. The normalized spacial score (nSPS) is 24.1. The summed E-state index contributed by atoms with van der Waals surface area (Å²) in [5.41, 5.74) is -0.0549. The second-order valence-electron chi connectivity index (χ2n) is 3.54. The van der Waals surface area contributed by atoms with Crippen LogP contribution in [0, 0.1) is 0 Å². The van der Waals surface area contributed by atoms with Gasteiger partial charge in [0.1, 0.15) is 5.75 Å². The number of carbonyl (C=O) groups is 1. The van der Waals surface area contributed by atoms with Gasteiger partial charge in [0.25, 0.3) is 0 Å². The average molecular weight is 192 g/mol. The third kappa shape index (κ3) is 1.16. The highest BCUT2D eigenvalue weighted by molar-refractivity contribution is 5.79. The molecule has 1 atom stereocenters. The van der Waals surface area contributed by atoms with Crippen molar-refractivity contribution in [2.24, 2.45) is 0 Å². The van der Waals surface area contributed by atoms with Gasteiger partial charge in [0.15, 0.2) is 0 Å². The molecule has 0 fully saturated rings. The Kier molecular flexibility index (Phi) is 1.95. The maximum atomic E-state index is 11.1. The first-order valence-electron chi connectivity index (χ1n) is 4.68. The van der Waals surface area contributed by atoms with Crippen LogP contribution in [0.2, 0.25) is 0 Å². The highest BCUT2D eigenvalue weighted by Crippen LogP contribution is 2.36. The molecule has 0 spiro atoms. The molecule has 1 aliphatic heterocycles. The zero-order chi connectivity index (χ0) is 10.2. The summed E-state index contributed by atoms with van der Waals surface area (Å²) in [4.78, 5) is 11.1. The van der Waals surface area contributed by atoms with Gasteiger partial charge in [-0.3, -0.25) is 0 Å². The topological polar surface area (TPSA) is 46.5 Å². The first-order chi connectivity index (χ1) is 6.68. The SMILES string of the molecule is CC[C@@]1(C(=O)O)Cc2ccccc2O1. The highest BCUT2D eigenvalue weighted by Gasteiger charge is 2.44. The number of rotatable bonds is 2. The van der Waals surface area contributed by atoms with E-state index in [1.807, 2.05) is 31.2 Å². The van der Waals surface area contributed by atoms with Gasteiger partial charge >= 0.3 is 5.97 Å². The Morgan fingerprint density at radius 2 is 2.29 bits per heavy atom. The monoisotopic (exact) mass is 192 g/mol. The quantitative estimate of drug-likeness (QED) is 0.777. The van der Waals surface area contributed by atoms with Crippen LogP contribution in [0.3, 0.4) is 0 Å². The second-order valence-corrected chi connectivity index (χ2v) is 3.54. The molecule has 1 N–H and O–H groups in total. The molecule has 0 saturated carbocycles. The van der Waals surface area contributed by atoms with E-state index in [2.05, 4.69) is 0 Å². The first-order valence-corrected chi connectivity index (χ1v) is 4.68. The summed E-state index contributed by atoms with van der Waals surface area (Å²) in [5, 5.41) is 9.11. The largest absolute Gasteiger partial charge is 0.478 e. The summed E-state index contributed by atoms with van der Waals surface area (Å²) in [6.45, 7) is 1.83. The van der Waals surface area contributed by atoms with Crippen molar-refractivity contribution in [3.8, 4) is 5.75 Å². The number of hydrogen-bond acceptors (Lipinski definition) is 2. The van der Waals surface area contributed by atoms with E-state index in [-0.39, 0.29) is 0 Å². The fourth-order valence-corrected chi connectivity index (χ4v) is 1.77. The lowest BCUT2D eigenvalue weighted by molar-refractivity contribution is -0.153. The third-order valence-corrected chi connectivity index (χ3v) is 2.71. The molecule has 0 amide bonds. The molecule has 3 nitrogen and oxygen atoms in total. The van der Waals surface area contributed by atoms with Gasteiger partial charge in [0.05, 0.1) is 0 Å². The number of fused-ring (bicyclic) bond motifs is 1. The number of carboxylic acid groups (broad SMARTS) is 1. The fraction of sp³-hybridized carbons (Fsp3) is 0.364. The van der Waals surface area contributed by atoms with E-state index in [0.29, 0.717) is 18.6 Å². The predicted molar refractivity (Wildman–Crippen MR) is 51.4 cm³/mol. The fourth-order valence-electron chi connectivity index (χ4n) is 1.77. The Morgan fingerprint density at radius 3 is 2.86 bits per heavy atom. The number of aliphatic carboxylic acids is 1. The zero-order valence-electron chi connectivity index (χ0n) is 7.99. The van der Waals surface area contributed by atoms with Crippen LogP contribution in [-0.4, -0.2) is 16.7 Å². The number of benzene rings is 1. The van der Waals surface area contributed by atoms with Crippen molar-refractivity contribution in [1.82, 2.24) is 0 Å². The number of hydrogen-bond donors (Lipinski definition) is 1. The molecule has 74 valence electrons. The molecule has 0 saturated heterocycles. The van der Waals surface area contributed by atoms with Gasteiger partial charge in [-0.2, -0.15) is 0 Å². The molecule has 1 aromatic rings.